The minimum atomic E-state index is -1.13. The fourth-order valence-electron chi connectivity index (χ4n) is 4.29. The maximum atomic E-state index is 13.8. The number of anilines is 1. The van der Waals surface area contributed by atoms with Gasteiger partial charge in [-0.15, -0.1) is 0 Å². The maximum absolute atomic E-state index is 13.8. The van der Waals surface area contributed by atoms with Crippen molar-refractivity contribution in [2.75, 3.05) is 17.7 Å². The first-order valence-corrected chi connectivity index (χ1v) is 13.6. The Balaban J connectivity index is 1.59. The normalized spacial score (nSPS) is 22.5. The summed E-state index contributed by atoms with van der Waals surface area (Å²) < 4.78 is 18.7. The first kappa shape index (κ1) is 25.8. The van der Waals surface area contributed by atoms with Gasteiger partial charge in [-0.25, -0.2) is 4.98 Å². The third-order valence-electron chi connectivity index (χ3n) is 6.41. The van der Waals surface area contributed by atoms with Crippen LogP contribution in [-0.4, -0.2) is 55.2 Å². The van der Waals surface area contributed by atoms with Crippen LogP contribution < -0.4 is 5.32 Å². The molecule has 4 atom stereocenters. The number of ether oxygens (including phenoxy) is 1. The van der Waals surface area contributed by atoms with Crippen LogP contribution in [0.1, 0.15) is 51.6 Å². The van der Waals surface area contributed by atoms with E-state index in [1.165, 1.54) is 0 Å². The van der Waals surface area contributed by atoms with Gasteiger partial charge < -0.3 is 15.0 Å². The van der Waals surface area contributed by atoms with E-state index in [0.717, 1.165) is 18.4 Å². The zero-order chi connectivity index (χ0) is 25.2. The Morgan fingerprint density at radius 1 is 1.23 bits per heavy atom. The Hall–Kier alpha value is -2.29. The van der Waals surface area contributed by atoms with Crippen LogP contribution in [0.3, 0.4) is 0 Å². The lowest BCUT2D eigenvalue weighted by molar-refractivity contribution is -0.166. The van der Waals surface area contributed by atoms with Crippen molar-refractivity contribution in [3.8, 4) is 0 Å². The number of benzene rings is 1. The molecule has 1 aliphatic heterocycles. The molecule has 2 aliphatic rings. The summed E-state index contributed by atoms with van der Waals surface area (Å²) in [6.45, 7) is 6.11. The maximum Gasteiger partial charge on any atom is 0.253 e. The molecule has 35 heavy (non-hydrogen) atoms. The fourth-order valence-corrected chi connectivity index (χ4v) is 5.66. The fraction of sp³-hybridized carbons (Fsp3) is 0.500. The zero-order valence-electron chi connectivity index (χ0n) is 20.3. The van der Waals surface area contributed by atoms with Gasteiger partial charge in [0, 0.05) is 38.6 Å². The average Bonchev–Trinajstić information content (AvgIpc) is 3.65. The Labute approximate surface area is 214 Å². The third-order valence-corrected chi connectivity index (χ3v) is 8.67. The number of hydrogen-bond acceptors (Lipinski definition) is 5. The number of rotatable bonds is 8. The monoisotopic (exact) mass is 517 g/mol. The lowest BCUT2D eigenvalue weighted by Gasteiger charge is -2.44. The first-order valence-electron chi connectivity index (χ1n) is 11.9. The molecule has 7 nitrogen and oxygen atoms in total. The predicted molar refractivity (Wildman–Crippen MR) is 138 cm³/mol. The van der Waals surface area contributed by atoms with Crippen molar-refractivity contribution in [1.29, 1.82) is 0 Å². The molecule has 0 bridgehead atoms. The lowest BCUT2D eigenvalue weighted by Crippen LogP contribution is -2.57. The smallest absolute Gasteiger partial charge is 0.253 e. The SMILES string of the molecule is CC(C)(C)S(=O)CC(C1CC1)N1C(=O)C(CC(=O)Nc2ccccn2)OCC1c1ccc(Cl)cc1. The number of nitrogens with zero attached hydrogens (tertiary/aromatic N) is 2. The van der Waals surface area contributed by atoms with Crippen LogP contribution in [0.2, 0.25) is 5.02 Å². The summed E-state index contributed by atoms with van der Waals surface area (Å²) in [7, 11) is -1.13. The summed E-state index contributed by atoms with van der Waals surface area (Å²) >= 11 is 6.10. The summed E-state index contributed by atoms with van der Waals surface area (Å²) in [5.74, 6) is 0.536. The summed E-state index contributed by atoms with van der Waals surface area (Å²) in [6, 6.07) is 12.1. The van der Waals surface area contributed by atoms with Crippen molar-refractivity contribution in [1.82, 2.24) is 9.88 Å². The molecule has 0 radical (unpaired) electrons. The van der Waals surface area contributed by atoms with Crippen LogP contribution >= 0.6 is 11.6 Å². The molecule has 4 rings (SSSR count). The topological polar surface area (TPSA) is 88.6 Å². The van der Waals surface area contributed by atoms with Crippen molar-refractivity contribution in [3.05, 3.63) is 59.2 Å². The summed E-state index contributed by atoms with van der Waals surface area (Å²) in [5, 5.41) is 3.34. The van der Waals surface area contributed by atoms with Crippen LogP contribution in [0.25, 0.3) is 0 Å². The number of nitrogens with one attached hydrogen (secondary N) is 1. The molecule has 4 unspecified atom stereocenters. The molecule has 1 aromatic heterocycles. The molecular formula is C26H32ClN3O4S. The van der Waals surface area contributed by atoms with Crippen LogP contribution in [0.5, 0.6) is 0 Å². The van der Waals surface area contributed by atoms with Gasteiger partial charge in [-0.2, -0.15) is 0 Å². The quantitative estimate of drug-likeness (QED) is 0.562. The van der Waals surface area contributed by atoms with E-state index < -0.39 is 16.9 Å². The van der Waals surface area contributed by atoms with E-state index in [1.807, 2.05) is 37.8 Å². The molecule has 2 fully saturated rings. The lowest BCUT2D eigenvalue weighted by atomic mass is 9.98. The summed E-state index contributed by atoms with van der Waals surface area (Å²) in [4.78, 5) is 32.5. The van der Waals surface area contributed by atoms with E-state index in [1.54, 1.807) is 36.5 Å². The van der Waals surface area contributed by atoms with Gasteiger partial charge in [0.1, 0.15) is 11.9 Å². The van der Waals surface area contributed by atoms with Crippen LogP contribution in [0, 0.1) is 5.92 Å². The van der Waals surface area contributed by atoms with Crippen molar-refractivity contribution < 1.29 is 18.5 Å². The van der Waals surface area contributed by atoms with Gasteiger partial charge in [0.25, 0.3) is 5.91 Å². The molecule has 188 valence electrons. The zero-order valence-corrected chi connectivity index (χ0v) is 21.8. The standard InChI is InChI=1S/C26H32ClN3O4S/c1-26(2,3)35(33)16-21(18-7-8-18)30-20(17-9-11-19(27)12-10-17)15-34-22(25(30)32)14-24(31)29-23-6-4-5-13-28-23/h4-6,9-13,18,20-22H,7-8,14-16H2,1-3H3,(H,28,29,31). The highest BCUT2D eigenvalue weighted by molar-refractivity contribution is 7.86. The molecule has 1 aliphatic carbocycles. The van der Waals surface area contributed by atoms with E-state index in [2.05, 4.69) is 10.3 Å². The first-order chi connectivity index (χ1) is 16.6. The molecule has 1 N–H and O–H groups in total. The second-order valence-electron chi connectivity index (χ2n) is 10.1. The van der Waals surface area contributed by atoms with E-state index in [4.69, 9.17) is 16.3 Å². The van der Waals surface area contributed by atoms with E-state index >= 15 is 0 Å². The summed E-state index contributed by atoms with van der Waals surface area (Å²) in [6.07, 6.45) is 2.56. The molecule has 2 heterocycles. The van der Waals surface area contributed by atoms with Crippen molar-refractivity contribution in [3.63, 3.8) is 0 Å². The Kier molecular flexibility index (Phi) is 7.93. The number of aromatic nitrogens is 1. The summed E-state index contributed by atoms with van der Waals surface area (Å²) in [5.41, 5.74) is 0.909. The molecule has 2 amide bonds. The van der Waals surface area contributed by atoms with E-state index in [0.29, 0.717) is 22.5 Å². The number of carbonyl (C=O) groups excluding carboxylic acids is 2. The Morgan fingerprint density at radius 2 is 1.94 bits per heavy atom. The number of amides is 2. The number of carbonyl (C=O) groups is 2. The minimum absolute atomic E-state index is 0.112. The Bertz CT molecular complexity index is 1070. The van der Waals surface area contributed by atoms with Crippen molar-refractivity contribution in [2.24, 2.45) is 5.92 Å². The molecule has 1 aromatic carbocycles. The number of pyridine rings is 1. The van der Waals surface area contributed by atoms with Gasteiger partial charge in [-0.3, -0.25) is 13.8 Å². The number of morpholine rings is 1. The largest absolute Gasteiger partial charge is 0.365 e. The minimum Gasteiger partial charge on any atom is -0.365 e. The second kappa shape index (κ2) is 10.8. The predicted octanol–water partition coefficient (Wildman–Crippen LogP) is 4.36. The van der Waals surface area contributed by atoms with Gasteiger partial charge in [0.2, 0.25) is 5.91 Å². The highest BCUT2D eigenvalue weighted by atomic mass is 35.5. The van der Waals surface area contributed by atoms with Gasteiger partial charge in [0.15, 0.2) is 0 Å². The van der Waals surface area contributed by atoms with E-state index in [9.17, 15) is 13.8 Å². The number of hydrogen-bond donors (Lipinski definition) is 1. The molecular weight excluding hydrogens is 486 g/mol. The molecule has 1 saturated heterocycles. The van der Waals surface area contributed by atoms with Crippen LogP contribution in [0.15, 0.2) is 48.7 Å². The van der Waals surface area contributed by atoms with E-state index in [-0.39, 0.29) is 41.7 Å². The highest BCUT2D eigenvalue weighted by Gasteiger charge is 2.47. The van der Waals surface area contributed by atoms with Gasteiger partial charge >= 0.3 is 0 Å². The van der Waals surface area contributed by atoms with Crippen molar-refractivity contribution >= 4 is 40.0 Å². The molecule has 2 aromatic rings. The van der Waals surface area contributed by atoms with Gasteiger partial charge in [-0.05, 0) is 69.4 Å². The van der Waals surface area contributed by atoms with Gasteiger partial charge in [-0.1, -0.05) is 29.8 Å². The van der Waals surface area contributed by atoms with Gasteiger partial charge in [0.05, 0.1) is 19.1 Å². The average molecular weight is 518 g/mol. The molecule has 1 saturated carbocycles. The van der Waals surface area contributed by atoms with Crippen LogP contribution in [-0.2, 0) is 25.1 Å². The third kappa shape index (κ3) is 6.48. The highest BCUT2D eigenvalue weighted by Crippen LogP contribution is 2.42. The second-order valence-corrected chi connectivity index (χ2v) is 12.8. The van der Waals surface area contributed by atoms with Crippen molar-refractivity contribution in [2.45, 2.75) is 63.0 Å². The van der Waals surface area contributed by atoms with Crippen LogP contribution in [0.4, 0.5) is 5.82 Å². The molecule has 0 spiro atoms. The number of halogens is 1. The Morgan fingerprint density at radius 3 is 2.54 bits per heavy atom. The molecule has 9 heteroatoms.